The molecule has 0 radical (unpaired) electrons. The fourth-order valence-corrected chi connectivity index (χ4v) is 2.60. The summed E-state index contributed by atoms with van der Waals surface area (Å²) in [7, 11) is 1.77. The minimum Gasteiger partial charge on any atom is -0.326 e. The summed E-state index contributed by atoms with van der Waals surface area (Å²) in [6, 6.07) is 3.04. The van der Waals surface area contributed by atoms with E-state index in [4.69, 9.17) is 23.2 Å². The van der Waals surface area contributed by atoms with Gasteiger partial charge < -0.3 is 16.0 Å². The second-order valence-electron chi connectivity index (χ2n) is 5.31. The summed E-state index contributed by atoms with van der Waals surface area (Å²) >= 11 is 12.4. The summed E-state index contributed by atoms with van der Waals surface area (Å²) in [5, 5.41) is 8.65. The molecule has 2 rings (SSSR count). The van der Waals surface area contributed by atoms with Crippen molar-refractivity contribution in [1.82, 2.24) is 15.3 Å². The highest BCUT2D eigenvalue weighted by molar-refractivity contribution is 6.40. The third-order valence-electron chi connectivity index (χ3n) is 3.30. The standard InChI is InChI=1S/C16H17Cl2N5O2/c1-9(7-19-2)15(24)22-10-5-11(17)14(12(18)6-10)23-16(25)13-8-20-3-4-21-13/h3-6,8-9,19H,7H2,1-2H3,(H,22,24)(H,23,25). The van der Waals surface area contributed by atoms with Gasteiger partial charge in [-0.3, -0.25) is 14.6 Å². The van der Waals surface area contributed by atoms with Crippen molar-refractivity contribution in [3.63, 3.8) is 0 Å². The number of nitrogens with one attached hydrogen (secondary N) is 3. The average molecular weight is 382 g/mol. The van der Waals surface area contributed by atoms with Crippen molar-refractivity contribution < 1.29 is 9.59 Å². The van der Waals surface area contributed by atoms with E-state index < -0.39 is 5.91 Å². The predicted octanol–water partition coefficient (Wildman–Crippen LogP) is 2.83. The molecule has 0 spiro atoms. The SMILES string of the molecule is CNCC(C)C(=O)Nc1cc(Cl)c(NC(=O)c2cnccn2)c(Cl)c1. The number of halogens is 2. The van der Waals surface area contributed by atoms with Crippen molar-refractivity contribution in [1.29, 1.82) is 0 Å². The molecule has 0 aliphatic rings. The van der Waals surface area contributed by atoms with Crippen LogP contribution in [0.2, 0.25) is 10.0 Å². The Bertz CT molecular complexity index is 747. The maximum Gasteiger partial charge on any atom is 0.275 e. The number of amides is 2. The highest BCUT2D eigenvalue weighted by Gasteiger charge is 2.16. The van der Waals surface area contributed by atoms with E-state index >= 15 is 0 Å². The number of carbonyl (C=O) groups excluding carboxylic acids is 2. The lowest BCUT2D eigenvalue weighted by Gasteiger charge is -2.14. The molecule has 1 atom stereocenters. The molecule has 0 saturated heterocycles. The number of carbonyl (C=O) groups is 2. The molecule has 1 unspecified atom stereocenters. The molecule has 2 amide bonds. The van der Waals surface area contributed by atoms with E-state index in [1.807, 2.05) is 0 Å². The van der Waals surface area contributed by atoms with Gasteiger partial charge in [0.05, 0.1) is 21.9 Å². The van der Waals surface area contributed by atoms with E-state index in [2.05, 4.69) is 25.9 Å². The Kier molecular flexibility index (Phi) is 6.69. The first kappa shape index (κ1) is 19.1. The van der Waals surface area contributed by atoms with Gasteiger partial charge in [-0.15, -0.1) is 0 Å². The van der Waals surface area contributed by atoms with Crippen LogP contribution in [0.25, 0.3) is 0 Å². The summed E-state index contributed by atoms with van der Waals surface area (Å²) in [5.41, 5.74) is 0.814. The Morgan fingerprint density at radius 1 is 1.16 bits per heavy atom. The zero-order valence-corrected chi connectivity index (χ0v) is 15.1. The normalized spacial score (nSPS) is 11.7. The van der Waals surface area contributed by atoms with Gasteiger partial charge in [-0.05, 0) is 19.2 Å². The maximum absolute atomic E-state index is 12.1. The Labute approximate surface area is 155 Å². The van der Waals surface area contributed by atoms with E-state index in [-0.39, 0.29) is 33.3 Å². The summed E-state index contributed by atoms with van der Waals surface area (Å²) in [6.45, 7) is 2.34. The van der Waals surface area contributed by atoms with Crippen molar-refractivity contribution >= 4 is 46.4 Å². The predicted molar refractivity (Wildman–Crippen MR) is 98.2 cm³/mol. The lowest BCUT2D eigenvalue weighted by atomic mass is 10.1. The number of rotatable bonds is 6. The van der Waals surface area contributed by atoms with Gasteiger partial charge in [-0.2, -0.15) is 0 Å². The highest BCUT2D eigenvalue weighted by Crippen LogP contribution is 2.34. The molecule has 0 fully saturated rings. The number of anilines is 2. The lowest BCUT2D eigenvalue weighted by Crippen LogP contribution is -2.28. The monoisotopic (exact) mass is 381 g/mol. The van der Waals surface area contributed by atoms with Crippen molar-refractivity contribution in [2.75, 3.05) is 24.2 Å². The summed E-state index contributed by atoms with van der Waals surface area (Å²) in [6.07, 6.45) is 4.20. The molecule has 1 aromatic heterocycles. The van der Waals surface area contributed by atoms with Gasteiger partial charge in [0.15, 0.2) is 0 Å². The van der Waals surface area contributed by atoms with Gasteiger partial charge >= 0.3 is 0 Å². The van der Waals surface area contributed by atoms with Gasteiger partial charge in [0.2, 0.25) is 5.91 Å². The van der Waals surface area contributed by atoms with Crippen LogP contribution in [0, 0.1) is 5.92 Å². The van der Waals surface area contributed by atoms with Crippen LogP contribution in [0.1, 0.15) is 17.4 Å². The first-order chi connectivity index (χ1) is 11.9. The van der Waals surface area contributed by atoms with E-state index in [1.54, 1.807) is 14.0 Å². The fourth-order valence-electron chi connectivity index (χ4n) is 2.02. The fraction of sp³-hybridized carbons (Fsp3) is 0.250. The summed E-state index contributed by atoms with van der Waals surface area (Å²) in [4.78, 5) is 31.9. The van der Waals surface area contributed by atoms with Crippen LogP contribution in [0.5, 0.6) is 0 Å². The molecule has 132 valence electrons. The van der Waals surface area contributed by atoms with Crippen LogP contribution in [-0.4, -0.2) is 35.4 Å². The van der Waals surface area contributed by atoms with E-state index in [0.29, 0.717) is 12.2 Å². The number of hydrogen-bond acceptors (Lipinski definition) is 5. The van der Waals surface area contributed by atoms with E-state index in [1.165, 1.54) is 30.7 Å². The van der Waals surface area contributed by atoms with Crippen LogP contribution in [-0.2, 0) is 4.79 Å². The highest BCUT2D eigenvalue weighted by atomic mass is 35.5. The second-order valence-corrected chi connectivity index (χ2v) is 6.12. The van der Waals surface area contributed by atoms with Crippen LogP contribution in [0.15, 0.2) is 30.7 Å². The quantitative estimate of drug-likeness (QED) is 0.714. The van der Waals surface area contributed by atoms with Crippen LogP contribution < -0.4 is 16.0 Å². The van der Waals surface area contributed by atoms with Crippen molar-refractivity contribution in [3.05, 3.63) is 46.5 Å². The molecule has 9 heteroatoms. The Morgan fingerprint density at radius 3 is 2.40 bits per heavy atom. The van der Waals surface area contributed by atoms with Crippen LogP contribution in [0.3, 0.4) is 0 Å². The number of aromatic nitrogens is 2. The first-order valence-corrected chi connectivity index (χ1v) is 8.19. The smallest absolute Gasteiger partial charge is 0.275 e. The molecule has 1 heterocycles. The molecule has 25 heavy (non-hydrogen) atoms. The Morgan fingerprint density at radius 2 is 1.84 bits per heavy atom. The molecule has 1 aromatic carbocycles. The Hall–Kier alpha value is -2.22. The molecule has 0 aliphatic carbocycles. The minimum absolute atomic E-state index is 0.132. The van der Waals surface area contributed by atoms with Crippen LogP contribution in [0.4, 0.5) is 11.4 Å². The molecular weight excluding hydrogens is 365 g/mol. The molecule has 7 nitrogen and oxygen atoms in total. The topological polar surface area (TPSA) is 96.0 Å². The first-order valence-electron chi connectivity index (χ1n) is 7.44. The molecule has 0 saturated carbocycles. The third kappa shape index (κ3) is 5.12. The van der Waals surface area contributed by atoms with Gasteiger partial charge in [-0.25, -0.2) is 4.98 Å². The lowest BCUT2D eigenvalue weighted by molar-refractivity contribution is -0.119. The molecule has 0 bridgehead atoms. The number of nitrogens with zero attached hydrogens (tertiary/aromatic N) is 2. The second kappa shape index (κ2) is 8.75. The van der Waals surface area contributed by atoms with Crippen LogP contribution >= 0.6 is 23.2 Å². The zero-order valence-electron chi connectivity index (χ0n) is 13.6. The minimum atomic E-state index is -0.490. The van der Waals surface area contributed by atoms with Gasteiger partial charge in [-0.1, -0.05) is 30.1 Å². The van der Waals surface area contributed by atoms with Crippen molar-refractivity contribution in [2.24, 2.45) is 5.92 Å². The molecular formula is C16H17Cl2N5O2. The Balaban J connectivity index is 2.14. The average Bonchev–Trinajstić information content (AvgIpc) is 2.59. The van der Waals surface area contributed by atoms with Gasteiger partial charge in [0.25, 0.3) is 5.91 Å². The van der Waals surface area contributed by atoms with E-state index in [0.717, 1.165) is 0 Å². The largest absolute Gasteiger partial charge is 0.326 e. The van der Waals surface area contributed by atoms with E-state index in [9.17, 15) is 9.59 Å². The van der Waals surface area contributed by atoms with Gasteiger partial charge in [0, 0.05) is 30.5 Å². The summed E-state index contributed by atoms with van der Waals surface area (Å²) in [5.74, 6) is -0.882. The zero-order chi connectivity index (χ0) is 18.4. The maximum atomic E-state index is 12.1. The third-order valence-corrected chi connectivity index (χ3v) is 3.90. The number of benzene rings is 1. The molecule has 3 N–H and O–H groups in total. The summed E-state index contributed by atoms with van der Waals surface area (Å²) < 4.78 is 0. The van der Waals surface area contributed by atoms with Crippen molar-refractivity contribution in [2.45, 2.75) is 6.92 Å². The number of hydrogen-bond donors (Lipinski definition) is 3. The molecule has 0 aliphatic heterocycles. The van der Waals surface area contributed by atoms with Crippen molar-refractivity contribution in [3.8, 4) is 0 Å². The molecule has 2 aromatic rings. The van der Waals surface area contributed by atoms with Gasteiger partial charge in [0.1, 0.15) is 5.69 Å².